The highest BCUT2D eigenvalue weighted by molar-refractivity contribution is 9.11. The number of benzene rings is 2. The molecule has 0 atom stereocenters. The highest BCUT2D eigenvalue weighted by Crippen LogP contribution is 2.30. The Hall–Kier alpha value is -0.550. The Morgan fingerprint density at radius 3 is 2.62 bits per heavy atom. The average molecular weight is 449 g/mol. The maximum absolute atomic E-state index is 6.06. The summed E-state index contributed by atoms with van der Waals surface area (Å²) >= 11 is 19.1. The minimum atomic E-state index is 0.519. The third kappa shape index (κ3) is 3.00. The van der Waals surface area contributed by atoms with Crippen LogP contribution < -0.4 is 0 Å². The Labute approximate surface area is 149 Å². The largest absolute Gasteiger partial charge is 0.295 e. The molecule has 3 aromatic rings. The van der Waals surface area contributed by atoms with Crippen LogP contribution in [-0.2, 0) is 6.42 Å². The molecule has 0 saturated heterocycles. The van der Waals surface area contributed by atoms with Gasteiger partial charge in [-0.15, -0.1) is 11.6 Å². The van der Waals surface area contributed by atoms with Gasteiger partial charge in [-0.3, -0.25) is 4.57 Å². The van der Waals surface area contributed by atoms with E-state index in [1.54, 1.807) is 0 Å². The first-order valence-electron chi connectivity index (χ1n) is 6.28. The number of halogens is 4. The van der Waals surface area contributed by atoms with Gasteiger partial charge in [-0.2, -0.15) is 0 Å². The molecular formula is C15H10Br2Cl2N2. The van der Waals surface area contributed by atoms with Gasteiger partial charge in [0.15, 0.2) is 0 Å². The molecule has 0 spiro atoms. The first kappa shape index (κ1) is 15.3. The van der Waals surface area contributed by atoms with E-state index < -0.39 is 0 Å². The van der Waals surface area contributed by atoms with Gasteiger partial charge in [0.2, 0.25) is 0 Å². The zero-order valence-electron chi connectivity index (χ0n) is 10.8. The number of alkyl halides is 1. The molecule has 2 aromatic carbocycles. The van der Waals surface area contributed by atoms with Gasteiger partial charge in [-0.05, 0) is 52.3 Å². The van der Waals surface area contributed by atoms with E-state index >= 15 is 0 Å². The lowest BCUT2D eigenvalue weighted by Gasteiger charge is -2.11. The number of imidazole rings is 1. The summed E-state index contributed by atoms with van der Waals surface area (Å²) in [7, 11) is 0. The zero-order chi connectivity index (χ0) is 15.0. The zero-order valence-corrected chi connectivity index (χ0v) is 15.5. The maximum Gasteiger partial charge on any atom is 0.115 e. The van der Waals surface area contributed by atoms with Crippen LogP contribution in [0.25, 0.3) is 16.7 Å². The van der Waals surface area contributed by atoms with Crippen LogP contribution in [-0.4, -0.2) is 15.4 Å². The van der Waals surface area contributed by atoms with Crippen LogP contribution >= 0.6 is 55.1 Å². The number of nitrogens with zero attached hydrogens (tertiary/aromatic N) is 2. The number of hydrogen-bond acceptors (Lipinski definition) is 1. The summed E-state index contributed by atoms with van der Waals surface area (Å²) in [5.74, 6) is 1.44. The molecule has 3 rings (SSSR count). The quantitative estimate of drug-likeness (QED) is 0.450. The fraction of sp³-hybridized carbons (Fsp3) is 0.133. The molecular weight excluding hydrogens is 439 g/mol. The number of aryl methyl sites for hydroxylation is 1. The van der Waals surface area contributed by atoms with Crippen LogP contribution in [0.2, 0.25) is 5.02 Å². The SMILES string of the molecule is ClCCc1nc2cc(Cl)ccc2n1-c1ccc(Br)cc1Br. The van der Waals surface area contributed by atoms with E-state index in [2.05, 4.69) is 41.4 Å². The van der Waals surface area contributed by atoms with Gasteiger partial charge in [0.1, 0.15) is 5.82 Å². The van der Waals surface area contributed by atoms with Gasteiger partial charge >= 0.3 is 0 Å². The maximum atomic E-state index is 6.06. The van der Waals surface area contributed by atoms with Gasteiger partial charge in [0.25, 0.3) is 0 Å². The first-order chi connectivity index (χ1) is 10.1. The van der Waals surface area contributed by atoms with Crippen molar-refractivity contribution >= 4 is 66.1 Å². The van der Waals surface area contributed by atoms with E-state index in [0.29, 0.717) is 17.3 Å². The molecule has 108 valence electrons. The molecule has 0 amide bonds. The van der Waals surface area contributed by atoms with Gasteiger partial charge in [0, 0.05) is 26.3 Å². The van der Waals surface area contributed by atoms with E-state index in [0.717, 1.165) is 31.5 Å². The van der Waals surface area contributed by atoms with E-state index in [-0.39, 0.29) is 0 Å². The van der Waals surface area contributed by atoms with Crippen LogP contribution in [0.4, 0.5) is 0 Å². The van der Waals surface area contributed by atoms with Gasteiger partial charge < -0.3 is 0 Å². The number of hydrogen-bond donors (Lipinski definition) is 0. The normalized spacial score (nSPS) is 11.2. The molecule has 1 aromatic heterocycles. The first-order valence-corrected chi connectivity index (χ1v) is 8.78. The molecule has 0 fully saturated rings. The highest BCUT2D eigenvalue weighted by Gasteiger charge is 2.14. The van der Waals surface area contributed by atoms with E-state index in [1.165, 1.54) is 0 Å². The van der Waals surface area contributed by atoms with Crippen molar-refractivity contribution in [2.24, 2.45) is 0 Å². The Morgan fingerprint density at radius 2 is 1.90 bits per heavy atom. The topological polar surface area (TPSA) is 17.8 Å². The molecule has 6 heteroatoms. The third-order valence-electron chi connectivity index (χ3n) is 3.15. The number of fused-ring (bicyclic) bond motifs is 1. The van der Waals surface area contributed by atoms with Gasteiger partial charge in [-0.25, -0.2) is 4.98 Å². The molecule has 0 aliphatic carbocycles. The second-order valence-corrected chi connectivity index (χ2v) is 7.12. The lowest BCUT2D eigenvalue weighted by molar-refractivity contribution is 0.909. The fourth-order valence-electron chi connectivity index (χ4n) is 2.29. The summed E-state index contributed by atoms with van der Waals surface area (Å²) in [4.78, 5) is 4.66. The predicted octanol–water partition coefficient (Wildman–Crippen LogP) is 5.99. The second kappa shape index (κ2) is 6.29. The number of aromatic nitrogens is 2. The molecule has 21 heavy (non-hydrogen) atoms. The third-order valence-corrected chi connectivity index (χ3v) is 4.71. The van der Waals surface area contributed by atoms with Crippen molar-refractivity contribution < 1.29 is 0 Å². The Balaban J connectivity index is 2.30. The van der Waals surface area contributed by atoms with E-state index in [4.69, 9.17) is 23.2 Å². The summed E-state index contributed by atoms with van der Waals surface area (Å²) in [6.45, 7) is 0. The summed E-state index contributed by atoms with van der Waals surface area (Å²) in [5.41, 5.74) is 2.92. The Morgan fingerprint density at radius 1 is 1.10 bits per heavy atom. The molecule has 0 N–H and O–H groups in total. The Kier molecular flexibility index (Phi) is 4.60. The highest BCUT2D eigenvalue weighted by atomic mass is 79.9. The lowest BCUT2D eigenvalue weighted by Crippen LogP contribution is -2.03. The van der Waals surface area contributed by atoms with Crippen molar-refractivity contribution in [3.8, 4) is 5.69 Å². The minimum absolute atomic E-state index is 0.519. The van der Waals surface area contributed by atoms with E-state index in [1.807, 2.05) is 36.4 Å². The molecule has 0 aliphatic heterocycles. The summed E-state index contributed by atoms with van der Waals surface area (Å²) in [6, 6.07) is 11.8. The summed E-state index contributed by atoms with van der Waals surface area (Å²) in [5, 5.41) is 0.680. The molecule has 2 nitrogen and oxygen atoms in total. The molecule has 0 unspecified atom stereocenters. The fourth-order valence-corrected chi connectivity index (χ4v) is 3.85. The van der Waals surface area contributed by atoms with Crippen LogP contribution in [0.15, 0.2) is 45.3 Å². The van der Waals surface area contributed by atoms with Crippen molar-refractivity contribution in [1.82, 2.24) is 9.55 Å². The van der Waals surface area contributed by atoms with Crippen LogP contribution in [0.3, 0.4) is 0 Å². The standard InChI is InChI=1S/C15H10Br2Cl2N2/c16-9-1-3-13(11(17)7-9)21-14-4-2-10(19)8-12(14)20-15(21)5-6-18/h1-4,7-8H,5-6H2. The van der Waals surface area contributed by atoms with Crippen LogP contribution in [0.5, 0.6) is 0 Å². The molecule has 0 radical (unpaired) electrons. The smallest absolute Gasteiger partial charge is 0.115 e. The molecule has 0 aliphatic rings. The van der Waals surface area contributed by atoms with Crippen LogP contribution in [0, 0.1) is 0 Å². The average Bonchev–Trinajstić information content (AvgIpc) is 2.76. The van der Waals surface area contributed by atoms with Crippen molar-refractivity contribution in [2.45, 2.75) is 6.42 Å². The van der Waals surface area contributed by atoms with E-state index in [9.17, 15) is 0 Å². The summed E-state index contributed by atoms with van der Waals surface area (Å²) < 4.78 is 4.12. The van der Waals surface area contributed by atoms with Crippen molar-refractivity contribution in [2.75, 3.05) is 5.88 Å². The van der Waals surface area contributed by atoms with Crippen molar-refractivity contribution in [3.05, 3.63) is 56.2 Å². The van der Waals surface area contributed by atoms with Crippen molar-refractivity contribution in [1.29, 1.82) is 0 Å². The summed E-state index contributed by atoms with van der Waals surface area (Å²) in [6.07, 6.45) is 0.691. The number of rotatable bonds is 3. The monoisotopic (exact) mass is 446 g/mol. The van der Waals surface area contributed by atoms with Gasteiger partial charge in [0.05, 0.1) is 16.7 Å². The molecule has 1 heterocycles. The van der Waals surface area contributed by atoms with Crippen LogP contribution in [0.1, 0.15) is 5.82 Å². The lowest BCUT2D eigenvalue weighted by atomic mass is 10.2. The second-order valence-electron chi connectivity index (χ2n) is 4.53. The molecule has 0 bridgehead atoms. The minimum Gasteiger partial charge on any atom is -0.295 e. The van der Waals surface area contributed by atoms with Crippen molar-refractivity contribution in [3.63, 3.8) is 0 Å². The van der Waals surface area contributed by atoms with Gasteiger partial charge in [-0.1, -0.05) is 27.5 Å². The Bertz CT molecular complexity index is 815. The molecule has 0 saturated carbocycles. The predicted molar refractivity (Wildman–Crippen MR) is 95.9 cm³/mol.